The first-order chi connectivity index (χ1) is 12.0. The molecule has 2 saturated heterocycles. The minimum Gasteiger partial charge on any atom is -0.321 e. The zero-order valence-electron chi connectivity index (χ0n) is 14.8. The summed E-state index contributed by atoms with van der Waals surface area (Å²) in [5.41, 5.74) is 1.86. The summed E-state index contributed by atoms with van der Waals surface area (Å²) in [7, 11) is 0. The van der Waals surface area contributed by atoms with Gasteiger partial charge in [-0.15, -0.1) is 5.10 Å². The standard InChI is InChI=1S/C18H24N6O/c1-10-3-11(2)24-17(19-10)20-16(22-24)21-18(25)23-9-14-5-12-4-13(6-14)8-15(23)7-12/h3,12-15H,4-9H2,1-2H3,(H,21,22,25). The summed E-state index contributed by atoms with van der Waals surface area (Å²) in [6.45, 7) is 4.78. The summed E-state index contributed by atoms with van der Waals surface area (Å²) < 4.78 is 1.68. The predicted molar refractivity (Wildman–Crippen MR) is 93.3 cm³/mol. The van der Waals surface area contributed by atoms with Crippen LogP contribution >= 0.6 is 0 Å². The molecule has 7 nitrogen and oxygen atoms in total. The van der Waals surface area contributed by atoms with Crippen LogP contribution < -0.4 is 5.32 Å². The number of fused-ring (bicyclic) bond motifs is 2. The molecule has 6 rings (SSSR count). The fourth-order valence-corrected chi connectivity index (χ4v) is 5.42. The van der Waals surface area contributed by atoms with Gasteiger partial charge in [-0.25, -0.2) is 9.78 Å². The van der Waals surface area contributed by atoms with Gasteiger partial charge in [0.25, 0.3) is 11.7 Å². The van der Waals surface area contributed by atoms with Crippen LogP contribution in [0.25, 0.3) is 5.78 Å². The molecule has 0 spiro atoms. The topological polar surface area (TPSA) is 75.4 Å². The van der Waals surface area contributed by atoms with Gasteiger partial charge in [-0.2, -0.15) is 9.50 Å². The van der Waals surface area contributed by atoms with Gasteiger partial charge in [0, 0.05) is 24.0 Å². The monoisotopic (exact) mass is 340 g/mol. The van der Waals surface area contributed by atoms with Crippen LogP contribution in [0.3, 0.4) is 0 Å². The fourth-order valence-electron chi connectivity index (χ4n) is 5.42. The van der Waals surface area contributed by atoms with Crippen molar-refractivity contribution in [3.05, 3.63) is 17.5 Å². The number of urea groups is 1. The van der Waals surface area contributed by atoms with Crippen molar-refractivity contribution >= 4 is 17.8 Å². The Morgan fingerprint density at radius 2 is 1.80 bits per heavy atom. The second-order valence-corrected chi connectivity index (χ2v) is 8.20. The van der Waals surface area contributed by atoms with Crippen LogP contribution in [0.1, 0.15) is 43.5 Å². The van der Waals surface area contributed by atoms with Gasteiger partial charge in [0.05, 0.1) is 0 Å². The first kappa shape index (κ1) is 15.1. The number of anilines is 1. The number of carbonyl (C=O) groups is 1. The van der Waals surface area contributed by atoms with E-state index >= 15 is 0 Å². The van der Waals surface area contributed by atoms with Gasteiger partial charge < -0.3 is 4.90 Å². The van der Waals surface area contributed by atoms with Crippen LogP contribution in [0.15, 0.2) is 6.07 Å². The first-order valence-electron chi connectivity index (χ1n) is 9.34. The number of nitrogens with zero attached hydrogens (tertiary/aromatic N) is 5. The third-order valence-electron chi connectivity index (χ3n) is 6.20. The molecule has 7 heteroatoms. The van der Waals surface area contributed by atoms with E-state index in [1.54, 1.807) is 4.52 Å². The quantitative estimate of drug-likeness (QED) is 0.866. The summed E-state index contributed by atoms with van der Waals surface area (Å²) in [6, 6.07) is 2.29. The predicted octanol–water partition coefficient (Wildman–Crippen LogP) is 2.78. The highest BCUT2D eigenvalue weighted by Crippen LogP contribution is 2.47. The number of nitrogens with one attached hydrogen (secondary N) is 1. The maximum atomic E-state index is 12.9. The lowest BCUT2D eigenvalue weighted by molar-refractivity contribution is 0.136. The molecule has 2 atom stereocenters. The van der Waals surface area contributed by atoms with Crippen molar-refractivity contribution in [2.75, 3.05) is 11.9 Å². The van der Waals surface area contributed by atoms with Crippen molar-refractivity contribution in [1.29, 1.82) is 0 Å². The van der Waals surface area contributed by atoms with Crippen LogP contribution in [-0.2, 0) is 0 Å². The molecule has 4 heterocycles. The number of rotatable bonds is 1. The van der Waals surface area contributed by atoms with Gasteiger partial charge in [-0.05, 0) is 69.8 Å². The zero-order valence-corrected chi connectivity index (χ0v) is 14.8. The third-order valence-corrected chi connectivity index (χ3v) is 6.20. The number of carbonyl (C=O) groups excluding carboxylic acids is 1. The smallest absolute Gasteiger partial charge is 0.321 e. The van der Waals surface area contributed by atoms with E-state index in [2.05, 4.69) is 25.3 Å². The highest BCUT2D eigenvalue weighted by molar-refractivity contribution is 5.88. The summed E-state index contributed by atoms with van der Waals surface area (Å²) in [4.78, 5) is 23.7. The Hall–Kier alpha value is -2.18. The molecule has 2 aliphatic carbocycles. The molecule has 4 fully saturated rings. The molecule has 4 bridgehead atoms. The number of amides is 2. The molecule has 2 aromatic heterocycles. The highest BCUT2D eigenvalue weighted by Gasteiger charge is 2.44. The molecule has 25 heavy (non-hydrogen) atoms. The van der Waals surface area contributed by atoms with Gasteiger partial charge in [0.2, 0.25) is 0 Å². The van der Waals surface area contributed by atoms with Crippen molar-refractivity contribution < 1.29 is 4.79 Å². The maximum Gasteiger partial charge on any atom is 0.324 e. The average molecular weight is 340 g/mol. The summed E-state index contributed by atoms with van der Waals surface area (Å²) in [5, 5.41) is 7.33. The minimum atomic E-state index is -0.0523. The summed E-state index contributed by atoms with van der Waals surface area (Å²) >= 11 is 0. The molecular weight excluding hydrogens is 316 g/mol. The van der Waals surface area contributed by atoms with Crippen LogP contribution in [0.5, 0.6) is 0 Å². The Kier molecular flexibility index (Phi) is 3.27. The molecule has 1 N–H and O–H groups in total. The molecule has 2 saturated carbocycles. The molecule has 2 aromatic rings. The molecule has 132 valence electrons. The van der Waals surface area contributed by atoms with E-state index in [0.717, 1.165) is 29.8 Å². The summed E-state index contributed by atoms with van der Waals surface area (Å²) in [6.07, 6.45) is 6.30. The molecule has 2 aliphatic heterocycles. The second-order valence-electron chi connectivity index (χ2n) is 8.20. The van der Waals surface area contributed by atoms with Crippen LogP contribution in [0.2, 0.25) is 0 Å². The zero-order chi connectivity index (χ0) is 17.1. The number of hydrogen-bond donors (Lipinski definition) is 1. The minimum absolute atomic E-state index is 0.0523. The van der Waals surface area contributed by atoms with Crippen LogP contribution in [-0.4, -0.2) is 43.1 Å². The first-order valence-corrected chi connectivity index (χ1v) is 9.34. The lowest BCUT2D eigenvalue weighted by atomic mass is 9.68. The molecule has 2 amide bonds. The van der Waals surface area contributed by atoms with E-state index in [4.69, 9.17) is 0 Å². The number of aryl methyl sites for hydroxylation is 2. The average Bonchev–Trinajstić information content (AvgIpc) is 2.83. The number of aromatic nitrogens is 4. The van der Waals surface area contributed by atoms with Gasteiger partial charge >= 0.3 is 6.03 Å². The van der Waals surface area contributed by atoms with E-state index in [0.29, 0.717) is 23.7 Å². The Morgan fingerprint density at radius 3 is 2.56 bits per heavy atom. The van der Waals surface area contributed by atoms with E-state index in [-0.39, 0.29) is 6.03 Å². The van der Waals surface area contributed by atoms with E-state index < -0.39 is 0 Å². The van der Waals surface area contributed by atoms with E-state index in [1.165, 1.54) is 32.1 Å². The molecular formula is C18H24N6O. The molecule has 0 radical (unpaired) electrons. The van der Waals surface area contributed by atoms with Crippen molar-refractivity contribution in [3.63, 3.8) is 0 Å². The lowest BCUT2D eigenvalue weighted by Gasteiger charge is -2.38. The number of hydrogen-bond acceptors (Lipinski definition) is 4. The van der Waals surface area contributed by atoms with Crippen molar-refractivity contribution in [2.24, 2.45) is 17.8 Å². The normalized spacial score (nSPS) is 30.7. The van der Waals surface area contributed by atoms with Gasteiger partial charge in [-0.1, -0.05) is 0 Å². The second kappa shape index (κ2) is 5.41. The molecule has 2 unspecified atom stereocenters. The van der Waals surface area contributed by atoms with Gasteiger partial charge in [-0.3, -0.25) is 5.32 Å². The van der Waals surface area contributed by atoms with Gasteiger partial charge in [0.1, 0.15) is 0 Å². The van der Waals surface area contributed by atoms with Crippen molar-refractivity contribution in [1.82, 2.24) is 24.5 Å². The lowest BCUT2D eigenvalue weighted by Crippen LogP contribution is -2.44. The SMILES string of the molecule is Cc1cc(C)n2nc(NC(=O)N3CC4CC5CC(C4)CC3C5)nc2n1. The van der Waals surface area contributed by atoms with E-state index in [1.807, 2.05) is 19.9 Å². The largest absolute Gasteiger partial charge is 0.324 e. The van der Waals surface area contributed by atoms with E-state index in [9.17, 15) is 4.79 Å². The molecule has 0 aromatic carbocycles. The Balaban J connectivity index is 1.39. The fraction of sp³-hybridized carbons (Fsp3) is 0.667. The van der Waals surface area contributed by atoms with Crippen LogP contribution in [0.4, 0.5) is 10.7 Å². The third kappa shape index (κ3) is 2.56. The Morgan fingerprint density at radius 1 is 1.08 bits per heavy atom. The van der Waals surface area contributed by atoms with Crippen LogP contribution in [0, 0.1) is 31.6 Å². The highest BCUT2D eigenvalue weighted by atomic mass is 16.2. The molecule has 4 aliphatic rings. The maximum absolute atomic E-state index is 12.9. The van der Waals surface area contributed by atoms with Crippen molar-refractivity contribution in [3.8, 4) is 0 Å². The Labute approximate surface area is 146 Å². The summed E-state index contributed by atoms with van der Waals surface area (Å²) in [5.74, 6) is 3.19. The Bertz CT molecular complexity index is 831. The van der Waals surface area contributed by atoms with Crippen molar-refractivity contribution in [2.45, 2.75) is 52.0 Å². The van der Waals surface area contributed by atoms with Gasteiger partial charge in [0.15, 0.2) is 0 Å².